The molecule has 1 aromatic rings. The van der Waals surface area contributed by atoms with E-state index in [9.17, 15) is 4.79 Å². The summed E-state index contributed by atoms with van der Waals surface area (Å²) in [5, 5.41) is 6.23. The second kappa shape index (κ2) is 7.47. The standard InChI is InChI=1S/C15H20BrN3O.ClH/c16-13-2-1-3-14(6-13)19-5-4-11(10-19)7-18-15(20)12-8-17-9-12;/h1-3,6,11-12,17H,4-5,7-10H2,(H,18,20);1H. The highest BCUT2D eigenvalue weighted by molar-refractivity contribution is 9.10. The first-order valence-corrected chi connectivity index (χ1v) is 8.00. The van der Waals surface area contributed by atoms with Gasteiger partial charge in [0, 0.05) is 42.9 Å². The second-order valence-corrected chi connectivity index (χ2v) is 6.60. The van der Waals surface area contributed by atoms with E-state index in [0.29, 0.717) is 5.92 Å². The SMILES string of the molecule is Cl.O=C(NCC1CCN(c2cccc(Br)c2)C1)C1CNC1. The Kier molecular flexibility index (Phi) is 5.90. The van der Waals surface area contributed by atoms with Crippen molar-refractivity contribution in [2.45, 2.75) is 6.42 Å². The van der Waals surface area contributed by atoms with Crippen molar-refractivity contribution in [3.05, 3.63) is 28.7 Å². The van der Waals surface area contributed by atoms with E-state index >= 15 is 0 Å². The Hall–Kier alpha value is -0.780. The number of nitrogens with zero attached hydrogens (tertiary/aromatic N) is 1. The highest BCUT2D eigenvalue weighted by Gasteiger charge is 2.27. The van der Waals surface area contributed by atoms with Crippen LogP contribution in [0.25, 0.3) is 0 Å². The summed E-state index contributed by atoms with van der Waals surface area (Å²) in [7, 11) is 0. The van der Waals surface area contributed by atoms with Crippen molar-refractivity contribution in [3.63, 3.8) is 0 Å². The van der Waals surface area contributed by atoms with Gasteiger partial charge in [-0.1, -0.05) is 22.0 Å². The summed E-state index contributed by atoms with van der Waals surface area (Å²) in [6.07, 6.45) is 1.15. The van der Waals surface area contributed by atoms with E-state index < -0.39 is 0 Å². The molecule has 2 aliphatic heterocycles. The average molecular weight is 375 g/mol. The van der Waals surface area contributed by atoms with E-state index in [0.717, 1.165) is 43.6 Å². The molecule has 2 saturated heterocycles. The third kappa shape index (κ3) is 4.11. The molecule has 116 valence electrons. The van der Waals surface area contributed by atoms with Gasteiger partial charge in [0.2, 0.25) is 5.91 Å². The molecule has 0 aliphatic carbocycles. The topological polar surface area (TPSA) is 44.4 Å². The molecule has 1 unspecified atom stereocenters. The molecule has 4 nitrogen and oxygen atoms in total. The lowest BCUT2D eigenvalue weighted by atomic mass is 10.0. The smallest absolute Gasteiger partial charge is 0.225 e. The third-order valence-electron chi connectivity index (χ3n) is 4.18. The summed E-state index contributed by atoms with van der Waals surface area (Å²) >= 11 is 3.51. The fourth-order valence-electron chi connectivity index (χ4n) is 2.77. The maximum atomic E-state index is 11.8. The van der Waals surface area contributed by atoms with Gasteiger partial charge >= 0.3 is 0 Å². The van der Waals surface area contributed by atoms with Gasteiger partial charge < -0.3 is 15.5 Å². The van der Waals surface area contributed by atoms with Gasteiger partial charge in [0.15, 0.2) is 0 Å². The summed E-state index contributed by atoms with van der Waals surface area (Å²) in [6, 6.07) is 8.41. The molecule has 2 heterocycles. The number of hydrogen-bond donors (Lipinski definition) is 2. The first kappa shape index (κ1) is 16.6. The molecule has 2 aliphatic rings. The summed E-state index contributed by atoms with van der Waals surface area (Å²) in [5.74, 6) is 0.966. The molecular weight excluding hydrogens is 354 g/mol. The molecule has 21 heavy (non-hydrogen) atoms. The van der Waals surface area contributed by atoms with Gasteiger partial charge in [-0.25, -0.2) is 0 Å². The minimum atomic E-state index is 0. The fraction of sp³-hybridized carbons (Fsp3) is 0.533. The number of halogens is 2. The van der Waals surface area contributed by atoms with E-state index in [1.54, 1.807) is 0 Å². The van der Waals surface area contributed by atoms with E-state index in [1.807, 2.05) is 6.07 Å². The number of rotatable bonds is 4. The molecule has 0 spiro atoms. The van der Waals surface area contributed by atoms with E-state index in [1.165, 1.54) is 5.69 Å². The van der Waals surface area contributed by atoms with E-state index in [4.69, 9.17) is 0 Å². The number of benzene rings is 1. The first-order chi connectivity index (χ1) is 9.72. The van der Waals surface area contributed by atoms with Crippen LogP contribution >= 0.6 is 28.3 Å². The first-order valence-electron chi connectivity index (χ1n) is 7.21. The predicted octanol–water partition coefficient (Wildman–Crippen LogP) is 2.03. The van der Waals surface area contributed by atoms with Crippen LogP contribution in [0.2, 0.25) is 0 Å². The van der Waals surface area contributed by atoms with Crippen molar-refractivity contribution in [2.75, 3.05) is 37.6 Å². The molecule has 1 amide bonds. The number of carbonyl (C=O) groups excluding carboxylic acids is 1. The van der Waals surface area contributed by atoms with Crippen LogP contribution in [0.15, 0.2) is 28.7 Å². The molecule has 0 bridgehead atoms. The Morgan fingerprint density at radius 3 is 2.90 bits per heavy atom. The molecule has 0 aromatic heterocycles. The van der Waals surface area contributed by atoms with Crippen molar-refractivity contribution < 1.29 is 4.79 Å². The van der Waals surface area contributed by atoms with Gasteiger partial charge in [-0.2, -0.15) is 0 Å². The normalized spacial score (nSPS) is 21.6. The van der Waals surface area contributed by atoms with Gasteiger partial charge in [0.1, 0.15) is 0 Å². The van der Waals surface area contributed by atoms with Crippen LogP contribution in [0.3, 0.4) is 0 Å². The van der Waals surface area contributed by atoms with Crippen LogP contribution in [0, 0.1) is 11.8 Å². The van der Waals surface area contributed by atoms with Crippen molar-refractivity contribution in [1.82, 2.24) is 10.6 Å². The minimum absolute atomic E-state index is 0. The molecule has 3 rings (SSSR count). The van der Waals surface area contributed by atoms with Gasteiger partial charge in [0.25, 0.3) is 0 Å². The van der Waals surface area contributed by atoms with Crippen LogP contribution in [0.1, 0.15) is 6.42 Å². The van der Waals surface area contributed by atoms with Crippen molar-refractivity contribution in [2.24, 2.45) is 11.8 Å². The highest BCUT2D eigenvalue weighted by Crippen LogP contribution is 2.25. The number of nitrogens with one attached hydrogen (secondary N) is 2. The zero-order chi connectivity index (χ0) is 13.9. The lowest BCUT2D eigenvalue weighted by molar-refractivity contribution is -0.126. The van der Waals surface area contributed by atoms with Crippen molar-refractivity contribution >= 4 is 39.9 Å². The average Bonchev–Trinajstić information content (AvgIpc) is 2.83. The molecule has 6 heteroatoms. The zero-order valence-corrected chi connectivity index (χ0v) is 14.3. The number of hydrogen-bond acceptors (Lipinski definition) is 3. The van der Waals surface area contributed by atoms with Crippen LogP contribution in [0.4, 0.5) is 5.69 Å². The van der Waals surface area contributed by atoms with Gasteiger partial charge in [-0.15, -0.1) is 12.4 Å². The van der Waals surface area contributed by atoms with Crippen LogP contribution < -0.4 is 15.5 Å². The van der Waals surface area contributed by atoms with Gasteiger partial charge in [0.05, 0.1) is 5.92 Å². The van der Waals surface area contributed by atoms with E-state index in [-0.39, 0.29) is 24.2 Å². The Morgan fingerprint density at radius 1 is 1.43 bits per heavy atom. The van der Waals surface area contributed by atoms with Crippen LogP contribution in [-0.2, 0) is 4.79 Å². The third-order valence-corrected chi connectivity index (χ3v) is 4.67. The van der Waals surface area contributed by atoms with Crippen molar-refractivity contribution in [1.29, 1.82) is 0 Å². The minimum Gasteiger partial charge on any atom is -0.371 e. The lowest BCUT2D eigenvalue weighted by Gasteiger charge is -2.26. The largest absolute Gasteiger partial charge is 0.371 e. The number of amides is 1. The Morgan fingerprint density at radius 2 is 2.24 bits per heavy atom. The Labute approximate surface area is 140 Å². The number of anilines is 1. The molecular formula is C15H21BrClN3O. The molecule has 1 atom stereocenters. The molecule has 2 fully saturated rings. The summed E-state index contributed by atoms with van der Waals surface area (Å²) < 4.78 is 1.12. The molecule has 1 aromatic carbocycles. The molecule has 2 N–H and O–H groups in total. The molecule has 0 radical (unpaired) electrons. The highest BCUT2D eigenvalue weighted by atomic mass is 79.9. The summed E-state index contributed by atoms with van der Waals surface area (Å²) in [4.78, 5) is 14.2. The van der Waals surface area contributed by atoms with E-state index in [2.05, 4.69) is 49.7 Å². The number of carbonyl (C=O) groups is 1. The van der Waals surface area contributed by atoms with Crippen LogP contribution in [-0.4, -0.2) is 38.6 Å². The van der Waals surface area contributed by atoms with Crippen molar-refractivity contribution in [3.8, 4) is 0 Å². The molecule has 0 saturated carbocycles. The summed E-state index contributed by atoms with van der Waals surface area (Å²) in [6.45, 7) is 4.57. The lowest BCUT2D eigenvalue weighted by Crippen LogP contribution is -2.51. The Balaban J connectivity index is 0.00000161. The van der Waals surface area contributed by atoms with Gasteiger partial charge in [-0.05, 0) is 30.5 Å². The maximum Gasteiger partial charge on any atom is 0.225 e. The van der Waals surface area contributed by atoms with Crippen LogP contribution in [0.5, 0.6) is 0 Å². The zero-order valence-electron chi connectivity index (χ0n) is 11.8. The Bertz CT molecular complexity index is 496. The predicted molar refractivity (Wildman–Crippen MR) is 91.1 cm³/mol. The second-order valence-electron chi connectivity index (χ2n) is 5.68. The maximum absolute atomic E-state index is 11.8. The monoisotopic (exact) mass is 373 g/mol. The quantitative estimate of drug-likeness (QED) is 0.847. The fourth-order valence-corrected chi connectivity index (χ4v) is 3.16. The summed E-state index contributed by atoms with van der Waals surface area (Å²) in [5.41, 5.74) is 1.26. The van der Waals surface area contributed by atoms with Gasteiger partial charge in [-0.3, -0.25) is 4.79 Å².